The van der Waals surface area contributed by atoms with E-state index < -0.39 is 23.0 Å². The quantitative estimate of drug-likeness (QED) is 0.593. The summed E-state index contributed by atoms with van der Waals surface area (Å²) >= 11 is 0. The molecule has 2 N–H and O–H groups in total. The van der Waals surface area contributed by atoms with Crippen molar-refractivity contribution < 1.29 is 24.0 Å². The van der Waals surface area contributed by atoms with Crippen molar-refractivity contribution in [2.45, 2.75) is 13.0 Å². The number of nitrogens with one attached hydrogen (secondary N) is 2. The fourth-order valence-electron chi connectivity index (χ4n) is 2.25. The molecule has 0 radical (unpaired) electrons. The third kappa shape index (κ3) is 4.94. The standard InChI is InChI=1S/C18H19N3O6/c1-11(17(22)20-18(23)19-2)27-16-9-6-13(21(24)25)10-15(16)12-4-7-14(26-3)8-5-12/h4-11H,1-3H3,(H2,19,20,22,23)/t11-/m0/s1. The van der Waals surface area contributed by atoms with Crippen LogP contribution >= 0.6 is 0 Å². The van der Waals surface area contributed by atoms with Crippen molar-refractivity contribution >= 4 is 17.6 Å². The van der Waals surface area contributed by atoms with E-state index in [0.29, 0.717) is 16.9 Å². The lowest BCUT2D eigenvalue weighted by atomic mass is 10.0. The molecule has 27 heavy (non-hydrogen) atoms. The maximum Gasteiger partial charge on any atom is 0.321 e. The third-order valence-corrected chi connectivity index (χ3v) is 3.71. The molecule has 0 aromatic heterocycles. The van der Waals surface area contributed by atoms with E-state index in [9.17, 15) is 19.7 Å². The van der Waals surface area contributed by atoms with Gasteiger partial charge in [0.15, 0.2) is 6.10 Å². The van der Waals surface area contributed by atoms with E-state index in [2.05, 4.69) is 10.6 Å². The van der Waals surface area contributed by atoms with Gasteiger partial charge in [-0.05, 0) is 30.7 Å². The highest BCUT2D eigenvalue weighted by Gasteiger charge is 2.20. The van der Waals surface area contributed by atoms with Crippen LogP contribution in [0, 0.1) is 10.1 Å². The number of nitro benzene ring substituents is 1. The number of imide groups is 1. The van der Waals surface area contributed by atoms with E-state index >= 15 is 0 Å². The summed E-state index contributed by atoms with van der Waals surface area (Å²) in [5.74, 6) is 0.253. The number of amides is 3. The van der Waals surface area contributed by atoms with Crippen LogP contribution < -0.4 is 20.1 Å². The third-order valence-electron chi connectivity index (χ3n) is 3.71. The van der Waals surface area contributed by atoms with Gasteiger partial charge in [0.1, 0.15) is 11.5 Å². The fraction of sp³-hybridized carbons (Fsp3) is 0.222. The second kappa shape index (κ2) is 8.65. The van der Waals surface area contributed by atoms with Gasteiger partial charge in [-0.25, -0.2) is 4.79 Å². The number of methoxy groups -OCH3 is 1. The minimum atomic E-state index is -0.999. The molecule has 2 aromatic rings. The van der Waals surface area contributed by atoms with Crippen molar-refractivity contribution in [2.24, 2.45) is 0 Å². The molecule has 0 saturated carbocycles. The highest BCUT2D eigenvalue weighted by atomic mass is 16.6. The number of nitro groups is 1. The Bertz CT molecular complexity index is 851. The average Bonchev–Trinajstić information content (AvgIpc) is 2.67. The second-order valence-electron chi connectivity index (χ2n) is 5.49. The highest BCUT2D eigenvalue weighted by Crippen LogP contribution is 2.35. The van der Waals surface area contributed by atoms with E-state index in [1.54, 1.807) is 24.3 Å². The lowest BCUT2D eigenvalue weighted by Crippen LogP contribution is -2.44. The van der Waals surface area contributed by atoms with Crippen molar-refractivity contribution in [1.82, 2.24) is 10.6 Å². The molecule has 3 amide bonds. The molecule has 142 valence electrons. The molecule has 0 bridgehead atoms. The first-order valence-corrected chi connectivity index (χ1v) is 7.97. The predicted molar refractivity (Wildman–Crippen MR) is 97.8 cm³/mol. The van der Waals surface area contributed by atoms with Crippen molar-refractivity contribution in [3.63, 3.8) is 0 Å². The largest absolute Gasteiger partial charge is 0.497 e. The van der Waals surface area contributed by atoms with Crippen LogP contribution in [-0.4, -0.2) is 37.1 Å². The molecule has 9 nitrogen and oxygen atoms in total. The number of non-ortho nitro benzene ring substituents is 1. The summed E-state index contributed by atoms with van der Waals surface area (Å²) in [5.41, 5.74) is 0.968. The molecule has 2 rings (SSSR count). The number of nitrogens with zero attached hydrogens (tertiary/aromatic N) is 1. The maximum absolute atomic E-state index is 12.0. The maximum atomic E-state index is 12.0. The molecule has 0 fully saturated rings. The normalized spacial score (nSPS) is 11.2. The van der Waals surface area contributed by atoms with E-state index in [1.165, 1.54) is 39.3 Å². The minimum Gasteiger partial charge on any atom is -0.497 e. The van der Waals surface area contributed by atoms with Crippen LogP contribution in [-0.2, 0) is 4.79 Å². The minimum absolute atomic E-state index is 0.115. The topological polar surface area (TPSA) is 120 Å². The number of rotatable bonds is 6. The van der Waals surface area contributed by atoms with E-state index in [1.807, 2.05) is 0 Å². The Morgan fingerprint density at radius 3 is 2.37 bits per heavy atom. The van der Waals surface area contributed by atoms with Gasteiger partial charge in [-0.3, -0.25) is 20.2 Å². The summed E-state index contributed by atoms with van der Waals surface area (Å²) in [6.07, 6.45) is -0.999. The average molecular weight is 373 g/mol. The van der Waals surface area contributed by atoms with Gasteiger partial charge in [-0.2, -0.15) is 0 Å². The first kappa shape index (κ1) is 19.7. The molecule has 9 heteroatoms. The van der Waals surface area contributed by atoms with Crippen molar-refractivity contribution in [3.8, 4) is 22.6 Å². The van der Waals surface area contributed by atoms with Gasteiger partial charge in [-0.1, -0.05) is 12.1 Å². The number of hydrogen-bond donors (Lipinski definition) is 2. The molecule has 0 spiro atoms. The Morgan fingerprint density at radius 1 is 1.15 bits per heavy atom. The van der Waals surface area contributed by atoms with Gasteiger partial charge in [0.2, 0.25) is 0 Å². The summed E-state index contributed by atoms with van der Waals surface area (Å²) in [5, 5.41) is 15.5. The van der Waals surface area contributed by atoms with Crippen LogP contribution in [0.3, 0.4) is 0 Å². The van der Waals surface area contributed by atoms with Gasteiger partial charge in [0.25, 0.3) is 11.6 Å². The Labute approximate surface area is 155 Å². The van der Waals surface area contributed by atoms with Crippen molar-refractivity contribution in [1.29, 1.82) is 0 Å². The van der Waals surface area contributed by atoms with Crippen molar-refractivity contribution in [2.75, 3.05) is 14.2 Å². The smallest absolute Gasteiger partial charge is 0.321 e. The monoisotopic (exact) mass is 373 g/mol. The van der Waals surface area contributed by atoms with Crippen LogP contribution in [0.5, 0.6) is 11.5 Å². The van der Waals surface area contributed by atoms with E-state index in [4.69, 9.17) is 9.47 Å². The van der Waals surface area contributed by atoms with Gasteiger partial charge in [0.05, 0.1) is 12.0 Å². The molecule has 2 aromatic carbocycles. The summed E-state index contributed by atoms with van der Waals surface area (Å²) in [6.45, 7) is 1.47. The zero-order valence-electron chi connectivity index (χ0n) is 15.0. The zero-order valence-corrected chi connectivity index (χ0v) is 15.0. The number of carbonyl (C=O) groups excluding carboxylic acids is 2. The Balaban J connectivity index is 2.35. The number of carbonyl (C=O) groups is 2. The van der Waals surface area contributed by atoms with Crippen LogP contribution in [0.1, 0.15) is 6.92 Å². The molecule has 0 aliphatic rings. The molecular formula is C18H19N3O6. The molecular weight excluding hydrogens is 354 g/mol. The first-order chi connectivity index (χ1) is 12.8. The molecule has 0 aliphatic carbocycles. The number of benzene rings is 2. The molecule has 0 heterocycles. The summed E-state index contributed by atoms with van der Waals surface area (Å²) in [6, 6.07) is 10.3. The zero-order chi connectivity index (χ0) is 20.0. The SMILES string of the molecule is CNC(=O)NC(=O)[C@H](C)Oc1ccc([N+](=O)[O-])cc1-c1ccc(OC)cc1. The second-order valence-corrected chi connectivity index (χ2v) is 5.49. The summed E-state index contributed by atoms with van der Waals surface area (Å²) in [4.78, 5) is 33.9. The Morgan fingerprint density at radius 2 is 1.81 bits per heavy atom. The van der Waals surface area contributed by atoms with Crippen LogP contribution in [0.15, 0.2) is 42.5 Å². The van der Waals surface area contributed by atoms with E-state index in [0.717, 1.165) is 0 Å². The van der Waals surface area contributed by atoms with Crippen LogP contribution in [0.25, 0.3) is 11.1 Å². The Kier molecular flexibility index (Phi) is 6.32. The summed E-state index contributed by atoms with van der Waals surface area (Å²) in [7, 11) is 2.91. The lowest BCUT2D eigenvalue weighted by molar-refractivity contribution is -0.384. The van der Waals surface area contributed by atoms with E-state index in [-0.39, 0.29) is 11.4 Å². The lowest BCUT2D eigenvalue weighted by Gasteiger charge is -2.17. The Hall–Kier alpha value is -3.62. The van der Waals surface area contributed by atoms with Gasteiger partial charge in [-0.15, -0.1) is 0 Å². The van der Waals surface area contributed by atoms with Crippen LogP contribution in [0.2, 0.25) is 0 Å². The number of urea groups is 1. The molecule has 1 atom stereocenters. The first-order valence-electron chi connectivity index (χ1n) is 7.97. The van der Waals surface area contributed by atoms with Gasteiger partial charge >= 0.3 is 6.03 Å². The van der Waals surface area contributed by atoms with Gasteiger partial charge < -0.3 is 14.8 Å². The fourth-order valence-corrected chi connectivity index (χ4v) is 2.25. The molecule has 0 unspecified atom stereocenters. The molecule has 0 aliphatic heterocycles. The van der Waals surface area contributed by atoms with Gasteiger partial charge in [0, 0.05) is 24.7 Å². The predicted octanol–water partition coefficient (Wildman–Crippen LogP) is 2.49. The molecule has 0 saturated heterocycles. The number of ether oxygens (including phenoxy) is 2. The van der Waals surface area contributed by atoms with Crippen molar-refractivity contribution in [3.05, 3.63) is 52.6 Å². The number of hydrogen-bond acceptors (Lipinski definition) is 6. The highest BCUT2D eigenvalue weighted by molar-refractivity contribution is 5.96. The summed E-state index contributed by atoms with van der Waals surface area (Å²) < 4.78 is 10.8. The van der Waals surface area contributed by atoms with Crippen LogP contribution in [0.4, 0.5) is 10.5 Å².